The standard InChI is InChI=1S/C13H18N4/c1-2-17-8-4-6-12(17)10-16-13-11(9-14)5-3-7-15-13/h3,5,7,12H,2,4,6,8,10H2,1H3,(H,15,16). The topological polar surface area (TPSA) is 52.0 Å². The zero-order chi connectivity index (χ0) is 12.1. The molecule has 4 heteroatoms. The molecule has 1 fully saturated rings. The van der Waals surface area contributed by atoms with Gasteiger partial charge in [-0.25, -0.2) is 4.98 Å². The van der Waals surface area contributed by atoms with Gasteiger partial charge in [0.1, 0.15) is 11.9 Å². The Hall–Kier alpha value is -1.60. The average Bonchev–Trinajstić information content (AvgIpc) is 2.84. The largest absolute Gasteiger partial charge is 0.367 e. The van der Waals surface area contributed by atoms with E-state index in [1.165, 1.54) is 19.4 Å². The summed E-state index contributed by atoms with van der Waals surface area (Å²) in [6, 6.07) is 6.32. The normalized spacial score (nSPS) is 20.1. The maximum Gasteiger partial charge on any atom is 0.143 e. The van der Waals surface area contributed by atoms with Crippen LogP contribution in [0.4, 0.5) is 5.82 Å². The molecule has 17 heavy (non-hydrogen) atoms. The molecule has 0 radical (unpaired) electrons. The second-order valence-electron chi connectivity index (χ2n) is 4.32. The second-order valence-corrected chi connectivity index (χ2v) is 4.32. The first kappa shape index (κ1) is 11.9. The van der Waals surface area contributed by atoms with E-state index in [4.69, 9.17) is 5.26 Å². The number of nitrogens with one attached hydrogen (secondary N) is 1. The minimum absolute atomic E-state index is 0.577. The quantitative estimate of drug-likeness (QED) is 0.857. The summed E-state index contributed by atoms with van der Waals surface area (Å²) in [6.07, 6.45) is 4.22. The number of nitrogens with zero attached hydrogens (tertiary/aromatic N) is 3. The van der Waals surface area contributed by atoms with E-state index in [1.807, 2.05) is 0 Å². The molecule has 1 aromatic heterocycles. The van der Waals surface area contributed by atoms with Crippen LogP contribution in [0.25, 0.3) is 0 Å². The van der Waals surface area contributed by atoms with Crippen LogP contribution >= 0.6 is 0 Å². The highest BCUT2D eigenvalue weighted by Crippen LogP contribution is 2.18. The fraction of sp³-hybridized carbons (Fsp3) is 0.538. The summed E-state index contributed by atoms with van der Waals surface area (Å²) in [6.45, 7) is 5.36. The van der Waals surface area contributed by atoms with Gasteiger partial charge in [-0.05, 0) is 38.1 Å². The van der Waals surface area contributed by atoms with Crippen molar-refractivity contribution in [3.8, 4) is 6.07 Å². The zero-order valence-corrected chi connectivity index (χ0v) is 10.2. The Morgan fingerprint density at radius 1 is 1.65 bits per heavy atom. The molecule has 0 spiro atoms. The molecule has 0 amide bonds. The van der Waals surface area contributed by atoms with Crippen LogP contribution in [0.1, 0.15) is 25.3 Å². The van der Waals surface area contributed by atoms with Gasteiger partial charge in [0.25, 0.3) is 0 Å². The van der Waals surface area contributed by atoms with Gasteiger partial charge in [-0.3, -0.25) is 4.90 Å². The number of pyridine rings is 1. The number of nitriles is 1. The van der Waals surface area contributed by atoms with Crippen LogP contribution in [0.15, 0.2) is 18.3 Å². The third-order valence-corrected chi connectivity index (χ3v) is 3.34. The highest BCUT2D eigenvalue weighted by Gasteiger charge is 2.22. The third kappa shape index (κ3) is 2.75. The highest BCUT2D eigenvalue weighted by atomic mass is 15.2. The van der Waals surface area contributed by atoms with Gasteiger partial charge in [-0.15, -0.1) is 0 Å². The van der Waals surface area contributed by atoms with Crippen molar-refractivity contribution >= 4 is 5.82 Å². The van der Waals surface area contributed by atoms with Crippen LogP contribution in [0.2, 0.25) is 0 Å². The molecule has 0 aromatic carbocycles. The minimum Gasteiger partial charge on any atom is -0.367 e. The maximum atomic E-state index is 8.97. The number of rotatable bonds is 4. The Kier molecular flexibility index (Phi) is 3.94. The zero-order valence-electron chi connectivity index (χ0n) is 10.2. The molecule has 1 saturated heterocycles. The lowest BCUT2D eigenvalue weighted by Crippen LogP contribution is -2.34. The Morgan fingerprint density at radius 2 is 2.53 bits per heavy atom. The Labute approximate surface area is 102 Å². The molecule has 90 valence electrons. The van der Waals surface area contributed by atoms with Crippen LogP contribution in [0.3, 0.4) is 0 Å². The number of likely N-dealkylation sites (N-methyl/N-ethyl adjacent to an activating group) is 1. The number of likely N-dealkylation sites (tertiary alicyclic amines) is 1. The van der Waals surface area contributed by atoms with Gasteiger partial charge < -0.3 is 5.32 Å². The first-order valence-electron chi connectivity index (χ1n) is 6.18. The SMILES string of the molecule is CCN1CCCC1CNc1ncccc1C#N. The Bertz CT molecular complexity index is 410. The van der Waals surface area contributed by atoms with Gasteiger partial charge in [0.2, 0.25) is 0 Å². The maximum absolute atomic E-state index is 8.97. The van der Waals surface area contributed by atoms with Gasteiger partial charge in [0, 0.05) is 18.8 Å². The molecule has 0 bridgehead atoms. The number of hydrogen-bond acceptors (Lipinski definition) is 4. The first-order chi connectivity index (χ1) is 8.35. The summed E-state index contributed by atoms with van der Waals surface area (Å²) in [5.41, 5.74) is 0.619. The first-order valence-corrected chi connectivity index (χ1v) is 6.18. The van der Waals surface area contributed by atoms with E-state index in [1.54, 1.807) is 18.3 Å². The summed E-state index contributed by atoms with van der Waals surface area (Å²) >= 11 is 0. The molecule has 2 rings (SSSR count). The van der Waals surface area contributed by atoms with Crippen LogP contribution in [-0.2, 0) is 0 Å². The van der Waals surface area contributed by atoms with Crippen molar-refractivity contribution in [2.75, 3.05) is 25.0 Å². The smallest absolute Gasteiger partial charge is 0.143 e. The molecule has 0 aliphatic carbocycles. The fourth-order valence-electron chi connectivity index (χ4n) is 2.39. The molecule has 1 N–H and O–H groups in total. The third-order valence-electron chi connectivity index (χ3n) is 3.34. The lowest BCUT2D eigenvalue weighted by Gasteiger charge is -2.23. The summed E-state index contributed by atoms with van der Waals surface area (Å²) < 4.78 is 0. The van der Waals surface area contributed by atoms with E-state index >= 15 is 0 Å². The van der Waals surface area contributed by atoms with Crippen LogP contribution in [-0.4, -0.2) is 35.6 Å². The molecule has 1 aliphatic rings. The van der Waals surface area contributed by atoms with Gasteiger partial charge in [0.15, 0.2) is 0 Å². The number of anilines is 1. The van der Waals surface area contributed by atoms with Crippen molar-refractivity contribution in [3.05, 3.63) is 23.9 Å². The number of hydrogen-bond donors (Lipinski definition) is 1. The summed E-state index contributed by atoms with van der Waals surface area (Å²) in [5, 5.41) is 12.3. The predicted molar refractivity (Wildman–Crippen MR) is 67.7 cm³/mol. The van der Waals surface area contributed by atoms with Crippen molar-refractivity contribution in [1.29, 1.82) is 5.26 Å². The average molecular weight is 230 g/mol. The molecule has 2 heterocycles. The van der Waals surface area contributed by atoms with E-state index < -0.39 is 0 Å². The van der Waals surface area contributed by atoms with Crippen molar-refractivity contribution in [3.63, 3.8) is 0 Å². The van der Waals surface area contributed by atoms with E-state index in [-0.39, 0.29) is 0 Å². The van der Waals surface area contributed by atoms with Gasteiger partial charge in [-0.1, -0.05) is 6.92 Å². The van der Waals surface area contributed by atoms with Gasteiger partial charge >= 0.3 is 0 Å². The van der Waals surface area contributed by atoms with Gasteiger partial charge in [0.05, 0.1) is 5.56 Å². The van der Waals surface area contributed by atoms with Crippen molar-refractivity contribution in [2.45, 2.75) is 25.8 Å². The van der Waals surface area contributed by atoms with Crippen LogP contribution in [0, 0.1) is 11.3 Å². The molecule has 1 aromatic rings. The molecule has 4 nitrogen and oxygen atoms in total. The van der Waals surface area contributed by atoms with Crippen molar-refractivity contribution in [2.24, 2.45) is 0 Å². The Balaban J connectivity index is 1.96. The second kappa shape index (κ2) is 5.65. The summed E-state index contributed by atoms with van der Waals surface area (Å²) in [5.74, 6) is 0.706. The van der Waals surface area contributed by atoms with E-state index in [2.05, 4.69) is 28.2 Å². The lowest BCUT2D eigenvalue weighted by atomic mass is 10.2. The summed E-state index contributed by atoms with van der Waals surface area (Å²) in [4.78, 5) is 6.68. The number of aromatic nitrogens is 1. The molecular weight excluding hydrogens is 212 g/mol. The van der Waals surface area contributed by atoms with E-state index in [0.717, 1.165) is 13.1 Å². The monoisotopic (exact) mass is 230 g/mol. The van der Waals surface area contributed by atoms with Crippen LogP contribution < -0.4 is 5.32 Å². The molecule has 1 aliphatic heterocycles. The fourth-order valence-corrected chi connectivity index (χ4v) is 2.39. The van der Waals surface area contributed by atoms with E-state index in [0.29, 0.717) is 17.4 Å². The highest BCUT2D eigenvalue weighted by molar-refractivity contribution is 5.51. The van der Waals surface area contributed by atoms with Gasteiger partial charge in [-0.2, -0.15) is 5.26 Å². The lowest BCUT2D eigenvalue weighted by molar-refractivity contribution is 0.277. The van der Waals surface area contributed by atoms with Crippen molar-refractivity contribution in [1.82, 2.24) is 9.88 Å². The Morgan fingerprint density at radius 3 is 3.29 bits per heavy atom. The molecular formula is C13H18N4. The van der Waals surface area contributed by atoms with E-state index in [9.17, 15) is 0 Å². The van der Waals surface area contributed by atoms with Crippen molar-refractivity contribution < 1.29 is 0 Å². The summed E-state index contributed by atoms with van der Waals surface area (Å²) in [7, 11) is 0. The molecule has 1 atom stereocenters. The van der Waals surface area contributed by atoms with Crippen LogP contribution in [0.5, 0.6) is 0 Å². The minimum atomic E-state index is 0.577. The molecule has 1 unspecified atom stereocenters. The predicted octanol–water partition coefficient (Wildman–Crippen LogP) is 1.85. The molecule has 0 saturated carbocycles.